The number of aryl methyl sites for hydroxylation is 1. The highest BCUT2D eigenvalue weighted by atomic mass is 32.1. The van der Waals surface area contributed by atoms with Gasteiger partial charge in [-0.05, 0) is 37.8 Å². The standard InChI is InChI=1S/C19H32N2O2S/c1-12(2)9-8-10-14(4)20-17(22)16-13(3)11-15(24-16)21-18(23)19(5,6)7/h11-12,14H,8-10H2,1-7H3,(H,20,22)(H,21,23). The first-order valence-electron chi connectivity index (χ1n) is 8.73. The summed E-state index contributed by atoms with van der Waals surface area (Å²) in [6, 6.07) is 2.03. The molecule has 2 amide bonds. The van der Waals surface area contributed by atoms with Crippen molar-refractivity contribution >= 4 is 28.2 Å². The van der Waals surface area contributed by atoms with Crippen molar-refractivity contribution in [1.29, 1.82) is 0 Å². The maximum Gasteiger partial charge on any atom is 0.261 e. The summed E-state index contributed by atoms with van der Waals surface area (Å²) in [5.74, 6) is 0.602. The predicted molar refractivity (Wildman–Crippen MR) is 103 cm³/mol. The van der Waals surface area contributed by atoms with Gasteiger partial charge in [0.1, 0.15) is 0 Å². The lowest BCUT2D eigenvalue weighted by Crippen LogP contribution is -2.32. The van der Waals surface area contributed by atoms with Crippen molar-refractivity contribution in [2.45, 2.75) is 73.8 Å². The molecule has 1 atom stereocenters. The average molecular weight is 353 g/mol. The van der Waals surface area contributed by atoms with Crippen LogP contribution >= 0.6 is 11.3 Å². The first kappa shape index (κ1) is 20.7. The number of anilines is 1. The van der Waals surface area contributed by atoms with Crippen molar-refractivity contribution in [3.05, 3.63) is 16.5 Å². The summed E-state index contributed by atoms with van der Waals surface area (Å²) < 4.78 is 0. The minimum Gasteiger partial charge on any atom is -0.349 e. The molecular weight excluding hydrogens is 320 g/mol. The summed E-state index contributed by atoms with van der Waals surface area (Å²) >= 11 is 1.34. The number of hydrogen-bond donors (Lipinski definition) is 2. The molecule has 0 fully saturated rings. The molecule has 0 bridgehead atoms. The van der Waals surface area contributed by atoms with Gasteiger partial charge in [0.25, 0.3) is 5.91 Å². The lowest BCUT2D eigenvalue weighted by atomic mass is 9.96. The van der Waals surface area contributed by atoms with Gasteiger partial charge in [0, 0.05) is 11.5 Å². The van der Waals surface area contributed by atoms with Crippen molar-refractivity contribution in [3.8, 4) is 0 Å². The molecule has 0 aliphatic rings. The van der Waals surface area contributed by atoms with E-state index in [2.05, 4.69) is 24.5 Å². The van der Waals surface area contributed by atoms with E-state index in [-0.39, 0.29) is 17.9 Å². The number of thiophene rings is 1. The van der Waals surface area contributed by atoms with E-state index in [0.717, 1.165) is 23.4 Å². The smallest absolute Gasteiger partial charge is 0.261 e. The van der Waals surface area contributed by atoms with Crippen molar-refractivity contribution in [3.63, 3.8) is 0 Å². The monoisotopic (exact) mass is 352 g/mol. The predicted octanol–water partition coefficient (Wildman–Crippen LogP) is 4.99. The molecular formula is C19H32N2O2S. The Morgan fingerprint density at radius 2 is 1.79 bits per heavy atom. The number of carbonyl (C=O) groups excluding carboxylic acids is 2. The SMILES string of the molecule is Cc1cc(NC(=O)C(C)(C)C)sc1C(=O)NC(C)CCCC(C)C. The molecule has 0 saturated heterocycles. The molecule has 1 rings (SSSR count). The normalized spacial score (nSPS) is 13.0. The first-order valence-corrected chi connectivity index (χ1v) is 9.55. The fraction of sp³-hybridized carbons (Fsp3) is 0.684. The van der Waals surface area contributed by atoms with Crippen molar-refractivity contribution in [2.75, 3.05) is 5.32 Å². The van der Waals surface area contributed by atoms with Crippen LogP contribution in [0.15, 0.2) is 6.07 Å². The van der Waals surface area contributed by atoms with Crippen LogP contribution in [0.3, 0.4) is 0 Å². The van der Waals surface area contributed by atoms with Crippen LogP contribution in [0.1, 0.15) is 76.0 Å². The Balaban J connectivity index is 2.63. The zero-order valence-electron chi connectivity index (χ0n) is 16.1. The Morgan fingerprint density at radius 3 is 2.33 bits per heavy atom. The maximum absolute atomic E-state index is 12.5. The molecule has 0 spiro atoms. The van der Waals surface area contributed by atoms with Crippen LogP contribution in [0.2, 0.25) is 0 Å². The van der Waals surface area contributed by atoms with Crippen LogP contribution in [0, 0.1) is 18.3 Å². The van der Waals surface area contributed by atoms with Gasteiger partial charge < -0.3 is 10.6 Å². The third-order valence-electron chi connectivity index (χ3n) is 3.84. The molecule has 0 aliphatic heterocycles. The van der Waals surface area contributed by atoms with Crippen LogP contribution in [0.25, 0.3) is 0 Å². The van der Waals surface area contributed by atoms with E-state index in [4.69, 9.17) is 0 Å². The molecule has 1 aromatic heterocycles. The second-order valence-electron chi connectivity index (χ2n) is 8.03. The van der Waals surface area contributed by atoms with Gasteiger partial charge >= 0.3 is 0 Å². The molecule has 0 radical (unpaired) electrons. The number of nitrogens with one attached hydrogen (secondary N) is 2. The topological polar surface area (TPSA) is 58.2 Å². The van der Waals surface area contributed by atoms with Crippen molar-refractivity contribution in [1.82, 2.24) is 5.32 Å². The van der Waals surface area contributed by atoms with Gasteiger partial charge in [0.2, 0.25) is 5.91 Å². The molecule has 5 heteroatoms. The largest absolute Gasteiger partial charge is 0.349 e. The Morgan fingerprint density at radius 1 is 1.17 bits per heavy atom. The highest BCUT2D eigenvalue weighted by Gasteiger charge is 2.23. The summed E-state index contributed by atoms with van der Waals surface area (Å²) in [5, 5.41) is 6.69. The zero-order chi connectivity index (χ0) is 18.5. The van der Waals surface area contributed by atoms with Gasteiger partial charge in [-0.1, -0.05) is 47.5 Å². The Hall–Kier alpha value is -1.36. The molecule has 1 unspecified atom stereocenters. The van der Waals surface area contributed by atoms with E-state index in [0.29, 0.717) is 10.8 Å². The number of carbonyl (C=O) groups is 2. The quantitative estimate of drug-likeness (QED) is 0.726. The second kappa shape index (κ2) is 8.65. The molecule has 1 heterocycles. The third-order valence-corrected chi connectivity index (χ3v) is 4.99. The second-order valence-corrected chi connectivity index (χ2v) is 9.08. The molecule has 136 valence electrons. The van der Waals surface area contributed by atoms with Crippen LogP contribution in [-0.4, -0.2) is 17.9 Å². The molecule has 1 aromatic rings. The molecule has 2 N–H and O–H groups in total. The fourth-order valence-corrected chi connectivity index (χ4v) is 3.23. The van der Waals surface area contributed by atoms with Gasteiger partial charge in [0.05, 0.1) is 9.88 Å². The number of rotatable bonds is 7. The average Bonchev–Trinajstić information content (AvgIpc) is 2.78. The minimum absolute atomic E-state index is 0.0437. The molecule has 4 nitrogen and oxygen atoms in total. The van der Waals surface area contributed by atoms with E-state index in [1.54, 1.807) is 0 Å². The lowest BCUT2D eigenvalue weighted by molar-refractivity contribution is -0.123. The van der Waals surface area contributed by atoms with Crippen LogP contribution in [-0.2, 0) is 4.79 Å². The molecule has 0 saturated carbocycles. The Kier molecular flexibility index (Phi) is 7.46. The van der Waals surface area contributed by atoms with Gasteiger partial charge in [-0.2, -0.15) is 0 Å². The van der Waals surface area contributed by atoms with Crippen molar-refractivity contribution in [2.24, 2.45) is 11.3 Å². The van der Waals surface area contributed by atoms with Crippen molar-refractivity contribution < 1.29 is 9.59 Å². The van der Waals surface area contributed by atoms with Crippen LogP contribution in [0.5, 0.6) is 0 Å². The Bertz CT molecular complexity index is 570. The fourth-order valence-electron chi connectivity index (χ4n) is 2.26. The molecule has 24 heavy (non-hydrogen) atoms. The van der Waals surface area contributed by atoms with E-state index in [1.807, 2.05) is 40.7 Å². The van der Waals surface area contributed by atoms with Crippen LogP contribution < -0.4 is 10.6 Å². The van der Waals surface area contributed by atoms with Gasteiger partial charge in [-0.15, -0.1) is 11.3 Å². The summed E-state index contributed by atoms with van der Waals surface area (Å²) in [4.78, 5) is 25.2. The highest BCUT2D eigenvalue weighted by molar-refractivity contribution is 7.18. The van der Waals surface area contributed by atoms with Gasteiger partial charge in [-0.3, -0.25) is 9.59 Å². The third kappa shape index (κ3) is 6.63. The summed E-state index contributed by atoms with van der Waals surface area (Å²) in [6.07, 6.45) is 3.29. The van der Waals surface area contributed by atoms with E-state index >= 15 is 0 Å². The highest BCUT2D eigenvalue weighted by Crippen LogP contribution is 2.28. The van der Waals surface area contributed by atoms with E-state index < -0.39 is 5.41 Å². The number of hydrogen-bond acceptors (Lipinski definition) is 3. The summed E-state index contributed by atoms with van der Waals surface area (Å²) in [5.41, 5.74) is 0.446. The van der Waals surface area contributed by atoms with E-state index in [9.17, 15) is 9.59 Å². The lowest BCUT2D eigenvalue weighted by Gasteiger charge is -2.16. The molecule has 0 aliphatic carbocycles. The van der Waals surface area contributed by atoms with Crippen LogP contribution in [0.4, 0.5) is 5.00 Å². The van der Waals surface area contributed by atoms with Gasteiger partial charge in [-0.25, -0.2) is 0 Å². The maximum atomic E-state index is 12.5. The Labute approximate surface area is 150 Å². The molecule has 0 aromatic carbocycles. The van der Waals surface area contributed by atoms with E-state index in [1.165, 1.54) is 17.8 Å². The summed E-state index contributed by atoms with van der Waals surface area (Å²) in [6.45, 7) is 14.0. The first-order chi connectivity index (χ1) is 11.0. The van der Waals surface area contributed by atoms with Gasteiger partial charge in [0.15, 0.2) is 0 Å². The minimum atomic E-state index is -0.453. The zero-order valence-corrected chi connectivity index (χ0v) is 16.9. The summed E-state index contributed by atoms with van der Waals surface area (Å²) in [7, 11) is 0. The number of amides is 2.